The van der Waals surface area contributed by atoms with E-state index in [0.29, 0.717) is 5.02 Å². The molecule has 1 saturated heterocycles. The first-order valence-corrected chi connectivity index (χ1v) is 8.42. The van der Waals surface area contributed by atoms with Crippen molar-refractivity contribution in [2.24, 2.45) is 0 Å². The Bertz CT molecular complexity index is 905. The molecule has 1 amide bonds. The smallest absolute Gasteiger partial charge is 0.291 e. The van der Waals surface area contributed by atoms with Crippen LogP contribution in [0.2, 0.25) is 5.02 Å². The summed E-state index contributed by atoms with van der Waals surface area (Å²) in [5, 5.41) is 1.48. The fraction of sp³-hybridized carbons (Fsp3) is 0.211. The van der Waals surface area contributed by atoms with Crippen molar-refractivity contribution in [3.05, 3.63) is 59.4 Å². The quantitative estimate of drug-likeness (QED) is 0.704. The van der Waals surface area contributed by atoms with Gasteiger partial charge in [-0.25, -0.2) is 9.97 Å². The third kappa shape index (κ3) is 2.74. The molecule has 0 N–H and O–H groups in total. The van der Waals surface area contributed by atoms with Crippen LogP contribution in [0.15, 0.2) is 48.5 Å². The average Bonchev–Trinajstić information content (AvgIpc) is 3.15. The van der Waals surface area contributed by atoms with Crippen LogP contribution >= 0.6 is 11.6 Å². The van der Waals surface area contributed by atoms with E-state index in [0.717, 1.165) is 48.1 Å². The highest BCUT2D eigenvalue weighted by atomic mass is 35.5. The molecular formula is C19H16ClN3O. The topological polar surface area (TPSA) is 46.1 Å². The highest BCUT2D eigenvalue weighted by molar-refractivity contribution is 6.31. The molecule has 4 nitrogen and oxygen atoms in total. The fourth-order valence-corrected chi connectivity index (χ4v) is 3.25. The van der Waals surface area contributed by atoms with E-state index >= 15 is 0 Å². The Labute approximate surface area is 145 Å². The van der Waals surface area contributed by atoms with Crippen molar-refractivity contribution in [3.8, 4) is 11.3 Å². The number of fused-ring (bicyclic) bond motifs is 1. The molecule has 24 heavy (non-hydrogen) atoms. The van der Waals surface area contributed by atoms with Crippen LogP contribution in [0.25, 0.3) is 22.2 Å². The average molecular weight is 338 g/mol. The van der Waals surface area contributed by atoms with Crippen LogP contribution in [-0.4, -0.2) is 33.9 Å². The number of aromatic nitrogens is 2. The Balaban J connectivity index is 1.90. The number of likely N-dealkylation sites (tertiary alicyclic amines) is 1. The number of hydrogen-bond acceptors (Lipinski definition) is 3. The summed E-state index contributed by atoms with van der Waals surface area (Å²) < 4.78 is 0. The molecule has 0 unspecified atom stereocenters. The van der Waals surface area contributed by atoms with Gasteiger partial charge in [0.1, 0.15) is 0 Å². The minimum absolute atomic E-state index is 0.0958. The first-order valence-electron chi connectivity index (χ1n) is 8.04. The van der Waals surface area contributed by atoms with Crippen LogP contribution in [-0.2, 0) is 0 Å². The number of amides is 1. The number of nitrogens with zero attached hydrogens (tertiary/aromatic N) is 3. The first-order chi connectivity index (χ1) is 11.7. The normalized spacial score (nSPS) is 14.3. The summed E-state index contributed by atoms with van der Waals surface area (Å²) in [6.07, 6.45) is 2.08. The number of hydrogen-bond donors (Lipinski definition) is 0. The van der Waals surface area contributed by atoms with Gasteiger partial charge >= 0.3 is 0 Å². The van der Waals surface area contributed by atoms with E-state index in [9.17, 15) is 4.79 Å². The van der Waals surface area contributed by atoms with Gasteiger partial charge in [0.25, 0.3) is 5.91 Å². The summed E-state index contributed by atoms with van der Waals surface area (Å²) in [6.45, 7) is 1.56. The number of carbonyl (C=O) groups is 1. The van der Waals surface area contributed by atoms with Crippen molar-refractivity contribution in [2.45, 2.75) is 12.8 Å². The maximum Gasteiger partial charge on any atom is 0.291 e. The molecule has 1 aliphatic rings. The maximum atomic E-state index is 12.7. The third-order valence-electron chi connectivity index (χ3n) is 4.29. The van der Waals surface area contributed by atoms with Gasteiger partial charge < -0.3 is 4.90 Å². The number of rotatable bonds is 2. The lowest BCUT2D eigenvalue weighted by atomic mass is 10.1. The number of benzene rings is 2. The van der Waals surface area contributed by atoms with Gasteiger partial charge in [-0.1, -0.05) is 41.9 Å². The predicted octanol–water partition coefficient (Wildman–Crippen LogP) is 4.19. The van der Waals surface area contributed by atoms with Gasteiger partial charge in [0.15, 0.2) is 0 Å². The molecule has 120 valence electrons. The Morgan fingerprint density at radius 1 is 1.00 bits per heavy atom. The molecule has 3 aromatic rings. The van der Waals surface area contributed by atoms with Crippen LogP contribution in [0.3, 0.4) is 0 Å². The minimum atomic E-state index is -0.0958. The second-order valence-corrected chi connectivity index (χ2v) is 6.36. The predicted molar refractivity (Wildman–Crippen MR) is 95.1 cm³/mol. The SMILES string of the molecule is O=C(c1nc(-c2ccccc2)c2cc(Cl)ccc2n1)N1CCCC1. The fourth-order valence-electron chi connectivity index (χ4n) is 3.07. The summed E-state index contributed by atoms with van der Waals surface area (Å²) in [7, 11) is 0. The van der Waals surface area contributed by atoms with E-state index in [1.54, 1.807) is 6.07 Å². The lowest BCUT2D eigenvalue weighted by Crippen LogP contribution is -2.29. The molecule has 4 rings (SSSR count). The summed E-state index contributed by atoms with van der Waals surface area (Å²) >= 11 is 6.15. The van der Waals surface area contributed by atoms with Gasteiger partial charge in [-0.15, -0.1) is 0 Å². The highest BCUT2D eigenvalue weighted by Crippen LogP contribution is 2.28. The first kappa shape index (κ1) is 15.1. The Morgan fingerprint density at radius 2 is 1.75 bits per heavy atom. The van der Waals surface area contributed by atoms with Crippen LogP contribution < -0.4 is 0 Å². The highest BCUT2D eigenvalue weighted by Gasteiger charge is 2.23. The van der Waals surface area contributed by atoms with Crippen LogP contribution in [0.5, 0.6) is 0 Å². The zero-order valence-electron chi connectivity index (χ0n) is 13.1. The molecule has 2 heterocycles. The molecule has 1 aromatic heterocycles. The van der Waals surface area contributed by atoms with Crippen molar-refractivity contribution in [1.82, 2.24) is 14.9 Å². The maximum absolute atomic E-state index is 12.7. The molecule has 0 aliphatic carbocycles. The van der Waals surface area contributed by atoms with Gasteiger partial charge in [0.05, 0.1) is 11.2 Å². The second-order valence-electron chi connectivity index (χ2n) is 5.92. The molecule has 0 saturated carbocycles. The van der Waals surface area contributed by atoms with Crippen molar-refractivity contribution in [1.29, 1.82) is 0 Å². The Morgan fingerprint density at radius 3 is 2.50 bits per heavy atom. The van der Waals surface area contributed by atoms with Crippen LogP contribution in [0.4, 0.5) is 0 Å². The van der Waals surface area contributed by atoms with Gasteiger partial charge in [0.2, 0.25) is 5.82 Å². The molecule has 0 radical (unpaired) electrons. The van der Waals surface area contributed by atoms with Crippen LogP contribution in [0.1, 0.15) is 23.5 Å². The lowest BCUT2D eigenvalue weighted by molar-refractivity contribution is 0.0781. The molecule has 1 aliphatic heterocycles. The van der Waals surface area contributed by atoms with E-state index in [2.05, 4.69) is 9.97 Å². The summed E-state index contributed by atoms with van der Waals surface area (Å²) in [5.41, 5.74) is 2.42. The molecule has 0 bridgehead atoms. The molecule has 5 heteroatoms. The third-order valence-corrected chi connectivity index (χ3v) is 4.52. The van der Waals surface area contributed by atoms with Crippen LogP contribution in [0, 0.1) is 0 Å². The molecular weight excluding hydrogens is 322 g/mol. The van der Waals surface area contributed by atoms with Gasteiger partial charge in [-0.2, -0.15) is 0 Å². The standard InChI is InChI=1S/C19H16ClN3O/c20-14-8-9-16-15(12-14)17(13-6-2-1-3-7-13)22-18(21-16)19(24)23-10-4-5-11-23/h1-3,6-9,12H,4-5,10-11H2. The summed E-state index contributed by atoms with van der Waals surface area (Å²) in [4.78, 5) is 23.6. The summed E-state index contributed by atoms with van der Waals surface area (Å²) in [6, 6.07) is 15.3. The van der Waals surface area contributed by atoms with Gasteiger partial charge in [-0.05, 0) is 31.0 Å². The minimum Gasteiger partial charge on any atom is -0.336 e. The largest absolute Gasteiger partial charge is 0.336 e. The van der Waals surface area contributed by atoms with E-state index in [1.807, 2.05) is 47.4 Å². The summed E-state index contributed by atoms with van der Waals surface area (Å²) in [5.74, 6) is 0.159. The Kier molecular flexibility index (Phi) is 3.90. The monoisotopic (exact) mass is 337 g/mol. The van der Waals surface area contributed by atoms with Crippen molar-refractivity contribution in [3.63, 3.8) is 0 Å². The Hall–Kier alpha value is -2.46. The second kappa shape index (κ2) is 6.21. The van der Waals surface area contributed by atoms with Crippen molar-refractivity contribution < 1.29 is 4.79 Å². The van der Waals surface area contributed by atoms with E-state index in [4.69, 9.17) is 11.6 Å². The number of carbonyl (C=O) groups excluding carboxylic acids is 1. The van der Waals surface area contributed by atoms with E-state index in [-0.39, 0.29) is 11.7 Å². The zero-order chi connectivity index (χ0) is 16.5. The molecule has 1 fully saturated rings. The van der Waals surface area contributed by atoms with Gasteiger partial charge in [0, 0.05) is 29.1 Å². The molecule has 2 aromatic carbocycles. The lowest BCUT2D eigenvalue weighted by Gasteiger charge is -2.15. The number of halogens is 1. The van der Waals surface area contributed by atoms with E-state index < -0.39 is 0 Å². The zero-order valence-corrected chi connectivity index (χ0v) is 13.8. The molecule has 0 spiro atoms. The van der Waals surface area contributed by atoms with Crippen molar-refractivity contribution in [2.75, 3.05) is 13.1 Å². The van der Waals surface area contributed by atoms with Gasteiger partial charge in [-0.3, -0.25) is 4.79 Å². The van der Waals surface area contributed by atoms with Crippen molar-refractivity contribution >= 4 is 28.4 Å². The van der Waals surface area contributed by atoms with E-state index in [1.165, 1.54) is 0 Å². The molecule has 0 atom stereocenters.